The molecule has 1 aromatic heterocycles. The van der Waals surface area contributed by atoms with Crippen molar-refractivity contribution in [1.29, 1.82) is 0 Å². The number of hydrogen-bond acceptors (Lipinski definition) is 4. The molecular weight excluding hydrogens is 223 g/mol. The molecule has 3 N–H and O–H groups in total. The Morgan fingerprint density at radius 3 is 2.82 bits per heavy atom. The lowest BCUT2D eigenvalue weighted by Gasteiger charge is -2.25. The van der Waals surface area contributed by atoms with Crippen LogP contribution in [0.15, 0.2) is 23.6 Å². The maximum absolute atomic E-state index is 13.0. The molecule has 1 rings (SSSR count). The molecule has 0 saturated heterocycles. The summed E-state index contributed by atoms with van der Waals surface area (Å²) in [5, 5.41) is 11.5. The van der Waals surface area contributed by atoms with Crippen LogP contribution in [0.25, 0.3) is 0 Å². The first-order valence-electron chi connectivity index (χ1n) is 5.32. The summed E-state index contributed by atoms with van der Waals surface area (Å²) in [5.74, 6) is -0.238. The first-order chi connectivity index (χ1) is 8.02. The maximum atomic E-state index is 13.0. The Bertz CT molecular complexity index is 395. The SMILES string of the molecule is CC(C)N(C/C(N)=N/O)Cc1cncc(F)c1. The van der Waals surface area contributed by atoms with Crippen LogP contribution in [0.1, 0.15) is 19.4 Å². The standard InChI is InChI=1S/C11H17FN4O/c1-8(2)16(7-11(13)15-17)6-9-3-10(12)5-14-4-9/h3-5,8,17H,6-7H2,1-2H3,(H2,13,15). The maximum Gasteiger partial charge on any atom is 0.153 e. The topological polar surface area (TPSA) is 74.7 Å². The number of aromatic nitrogens is 1. The Kier molecular flexibility index (Phi) is 4.84. The van der Waals surface area contributed by atoms with Gasteiger partial charge in [-0.3, -0.25) is 9.88 Å². The van der Waals surface area contributed by atoms with Crippen molar-refractivity contribution < 1.29 is 9.60 Å². The molecular formula is C11H17FN4O. The fourth-order valence-corrected chi connectivity index (χ4v) is 1.44. The number of rotatable bonds is 5. The summed E-state index contributed by atoms with van der Waals surface area (Å²) in [4.78, 5) is 5.73. The van der Waals surface area contributed by atoms with Gasteiger partial charge in [-0.05, 0) is 25.5 Å². The zero-order valence-corrected chi connectivity index (χ0v) is 9.97. The van der Waals surface area contributed by atoms with Crippen molar-refractivity contribution in [3.8, 4) is 0 Å². The highest BCUT2D eigenvalue weighted by molar-refractivity contribution is 5.81. The van der Waals surface area contributed by atoms with Crippen molar-refractivity contribution in [3.05, 3.63) is 29.8 Å². The first-order valence-corrected chi connectivity index (χ1v) is 5.32. The van der Waals surface area contributed by atoms with Crippen LogP contribution in [0, 0.1) is 5.82 Å². The lowest BCUT2D eigenvalue weighted by atomic mass is 10.2. The fraction of sp³-hybridized carbons (Fsp3) is 0.455. The van der Waals surface area contributed by atoms with E-state index < -0.39 is 0 Å². The summed E-state index contributed by atoms with van der Waals surface area (Å²) in [5.41, 5.74) is 6.22. The summed E-state index contributed by atoms with van der Waals surface area (Å²) in [6.07, 6.45) is 2.76. The van der Waals surface area contributed by atoms with E-state index >= 15 is 0 Å². The highest BCUT2D eigenvalue weighted by Crippen LogP contribution is 2.08. The monoisotopic (exact) mass is 240 g/mol. The Hall–Kier alpha value is -1.69. The fourth-order valence-electron chi connectivity index (χ4n) is 1.44. The molecule has 0 aliphatic rings. The summed E-state index contributed by atoms with van der Waals surface area (Å²) < 4.78 is 13.0. The lowest BCUT2D eigenvalue weighted by Crippen LogP contribution is -2.38. The molecule has 0 bridgehead atoms. The van der Waals surface area contributed by atoms with Crippen LogP contribution < -0.4 is 5.73 Å². The van der Waals surface area contributed by atoms with Crippen molar-refractivity contribution in [2.75, 3.05) is 6.54 Å². The van der Waals surface area contributed by atoms with E-state index in [-0.39, 0.29) is 17.7 Å². The zero-order valence-electron chi connectivity index (χ0n) is 9.97. The van der Waals surface area contributed by atoms with E-state index in [1.807, 2.05) is 18.7 Å². The average Bonchev–Trinajstić information content (AvgIpc) is 2.27. The Labute approximate surface area is 99.7 Å². The third-order valence-electron chi connectivity index (χ3n) is 2.37. The number of oxime groups is 1. The Morgan fingerprint density at radius 1 is 1.59 bits per heavy atom. The molecule has 94 valence electrons. The van der Waals surface area contributed by atoms with Crippen molar-refractivity contribution in [2.45, 2.75) is 26.4 Å². The van der Waals surface area contributed by atoms with Crippen LogP contribution in [0.4, 0.5) is 4.39 Å². The van der Waals surface area contributed by atoms with Gasteiger partial charge < -0.3 is 10.9 Å². The molecule has 5 nitrogen and oxygen atoms in total. The van der Waals surface area contributed by atoms with Crippen LogP contribution in [0.2, 0.25) is 0 Å². The van der Waals surface area contributed by atoms with E-state index in [1.165, 1.54) is 6.07 Å². The molecule has 17 heavy (non-hydrogen) atoms. The predicted octanol–water partition coefficient (Wildman–Crippen LogP) is 1.18. The van der Waals surface area contributed by atoms with Gasteiger partial charge in [-0.25, -0.2) is 4.39 Å². The number of nitrogens with two attached hydrogens (primary N) is 1. The van der Waals surface area contributed by atoms with E-state index in [2.05, 4.69) is 10.1 Å². The van der Waals surface area contributed by atoms with E-state index in [0.29, 0.717) is 13.1 Å². The molecule has 0 radical (unpaired) electrons. The molecule has 0 fully saturated rings. The van der Waals surface area contributed by atoms with Gasteiger partial charge in [0.05, 0.1) is 12.7 Å². The predicted molar refractivity (Wildman–Crippen MR) is 63.1 cm³/mol. The van der Waals surface area contributed by atoms with Gasteiger partial charge in [0.15, 0.2) is 5.84 Å². The van der Waals surface area contributed by atoms with E-state index in [0.717, 1.165) is 11.8 Å². The van der Waals surface area contributed by atoms with Gasteiger partial charge in [-0.15, -0.1) is 0 Å². The summed E-state index contributed by atoms with van der Waals surface area (Å²) in [6, 6.07) is 1.62. The highest BCUT2D eigenvalue weighted by Gasteiger charge is 2.12. The van der Waals surface area contributed by atoms with Crippen LogP contribution >= 0.6 is 0 Å². The molecule has 0 amide bonds. The first kappa shape index (κ1) is 13.4. The quantitative estimate of drug-likeness (QED) is 0.351. The smallest absolute Gasteiger partial charge is 0.153 e. The van der Waals surface area contributed by atoms with Crippen LogP contribution in [-0.4, -0.2) is 33.5 Å². The number of nitrogens with zero attached hydrogens (tertiary/aromatic N) is 3. The Morgan fingerprint density at radius 2 is 2.29 bits per heavy atom. The molecule has 0 unspecified atom stereocenters. The van der Waals surface area contributed by atoms with Crippen LogP contribution in [-0.2, 0) is 6.54 Å². The largest absolute Gasteiger partial charge is 0.409 e. The van der Waals surface area contributed by atoms with Gasteiger partial charge >= 0.3 is 0 Å². The molecule has 0 aromatic carbocycles. The summed E-state index contributed by atoms with van der Waals surface area (Å²) >= 11 is 0. The number of halogens is 1. The minimum atomic E-state index is -0.366. The molecule has 1 heterocycles. The summed E-state index contributed by atoms with van der Waals surface area (Å²) in [7, 11) is 0. The minimum absolute atomic E-state index is 0.128. The second-order valence-corrected chi connectivity index (χ2v) is 4.10. The minimum Gasteiger partial charge on any atom is -0.409 e. The molecule has 6 heteroatoms. The normalized spacial score (nSPS) is 12.4. The molecule has 1 aromatic rings. The molecule has 0 atom stereocenters. The number of amidine groups is 1. The van der Waals surface area contributed by atoms with Crippen molar-refractivity contribution in [2.24, 2.45) is 10.9 Å². The number of pyridine rings is 1. The van der Waals surface area contributed by atoms with Gasteiger partial charge in [0.1, 0.15) is 5.82 Å². The van der Waals surface area contributed by atoms with E-state index in [1.54, 1.807) is 6.20 Å². The van der Waals surface area contributed by atoms with Gasteiger partial charge in [0.2, 0.25) is 0 Å². The molecule has 0 aliphatic heterocycles. The molecule has 0 spiro atoms. The third-order valence-corrected chi connectivity index (χ3v) is 2.37. The van der Waals surface area contributed by atoms with Gasteiger partial charge in [-0.2, -0.15) is 0 Å². The van der Waals surface area contributed by atoms with E-state index in [4.69, 9.17) is 10.9 Å². The molecule has 0 saturated carbocycles. The van der Waals surface area contributed by atoms with E-state index in [9.17, 15) is 4.39 Å². The van der Waals surface area contributed by atoms with Gasteiger partial charge in [-0.1, -0.05) is 5.16 Å². The van der Waals surface area contributed by atoms with Crippen molar-refractivity contribution >= 4 is 5.84 Å². The lowest BCUT2D eigenvalue weighted by molar-refractivity contribution is 0.238. The number of hydrogen-bond donors (Lipinski definition) is 2. The third kappa shape index (κ3) is 4.36. The second kappa shape index (κ2) is 6.15. The highest BCUT2D eigenvalue weighted by atomic mass is 19.1. The zero-order chi connectivity index (χ0) is 12.8. The van der Waals surface area contributed by atoms with Gasteiger partial charge in [0.25, 0.3) is 0 Å². The van der Waals surface area contributed by atoms with Crippen molar-refractivity contribution in [1.82, 2.24) is 9.88 Å². The summed E-state index contributed by atoms with van der Waals surface area (Å²) in [6.45, 7) is 4.79. The van der Waals surface area contributed by atoms with Crippen LogP contribution in [0.3, 0.4) is 0 Å². The van der Waals surface area contributed by atoms with Crippen LogP contribution in [0.5, 0.6) is 0 Å². The van der Waals surface area contributed by atoms with Crippen molar-refractivity contribution in [3.63, 3.8) is 0 Å². The Balaban J connectivity index is 2.73. The second-order valence-electron chi connectivity index (χ2n) is 4.10. The molecule has 0 aliphatic carbocycles. The van der Waals surface area contributed by atoms with Gasteiger partial charge in [0, 0.05) is 18.8 Å². The average molecular weight is 240 g/mol.